The summed E-state index contributed by atoms with van der Waals surface area (Å²) in [4.78, 5) is 4.40. The second-order valence-electron chi connectivity index (χ2n) is 4.73. The third-order valence-electron chi connectivity index (χ3n) is 3.30. The third kappa shape index (κ3) is 1.88. The van der Waals surface area contributed by atoms with Crippen LogP contribution in [0.15, 0.2) is 12.1 Å². The van der Waals surface area contributed by atoms with Crippen LogP contribution >= 0.6 is 0 Å². The molecule has 1 heterocycles. The predicted octanol–water partition coefficient (Wildman–Crippen LogP) is 2.57. The van der Waals surface area contributed by atoms with Gasteiger partial charge < -0.3 is 9.67 Å². The van der Waals surface area contributed by atoms with Crippen molar-refractivity contribution in [1.82, 2.24) is 9.55 Å². The molecule has 0 bridgehead atoms. The summed E-state index contributed by atoms with van der Waals surface area (Å²) >= 11 is 0. The Bertz CT molecular complexity index is 590. The van der Waals surface area contributed by atoms with Crippen LogP contribution < -0.4 is 0 Å². The van der Waals surface area contributed by atoms with Gasteiger partial charge >= 0.3 is 0 Å². The Kier molecular flexibility index (Phi) is 2.78. The Balaban J connectivity index is 2.14. The molecule has 3 rings (SSSR count). The van der Waals surface area contributed by atoms with Gasteiger partial charge in [-0.25, -0.2) is 13.8 Å². The quantitative estimate of drug-likeness (QED) is 0.908. The molecular weight excluding hydrogens is 238 g/mol. The van der Waals surface area contributed by atoms with Crippen LogP contribution in [0.4, 0.5) is 8.78 Å². The zero-order valence-corrected chi connectivity index (χ0v) is 9.87. The van der Waals surface area contributed by atoms with Gasteiger partial charge in [0.2, 0.25) is 0 Å². The maximum atomic E-state index is 13.3. The summed E-state index contributed by atoms with van der Waals surface area (Å²) in [6.45, 7) is 0.664. The van der Waals surface area contributed by atoms with Crippen molar-refractivity contribution in [3.05, 3.63) is 29.6 Å². The highest BCUT2D eigenvalue weighted by molar-refractivity contribution is 5.76. The number of rotatable bonds is 4. The van der Waals surface area contributed by atoms with Crippen molar-refractivity contribution in [2.75, 3.05) is 6.61 Å². The van der Waals surface area contributed by atoms with Crippen LogP contribution in [-0.2, 0) is 6.54 Å². The number of benzene rings is 1. The van der Waals surface area contributed by atoms with Crippen LogP contribution in [0.3, 0.4) is 0 Å². The Labute approximate surface area is 103 Å². The highest BCUT2D eigenvalue weighted by Gasteiger charge is 2.29. The van der Waals surface area contributed by atoms with E-state index in [4.69, 9.17) is 5.11 Å². The van der Waals surface area contributed by atoms with Crippen LogP contribution in [0.25, 0.3) is 11.0 Å². The molecule has 0 amide bonds. The molecule has 0 spiro atoms. The maximum Gasteiger partial charge on any atom is 0.161 e. The number of aromatic nitrogens is 2. The van der Waals surface area contributed by atoms with Crippen molar-refractivity contribution in [2.24, 2.45) is 0 Å². The lowest BCUT2D eigenvalue weighted by atomic mass is 10.3. The van der Waals surface area contributed by atoms with Crippen LogP contribution in [0.5, 0.6) is 0 Å². The average molecular weight is 252 g/mol. The summed E-state index contributed by atoms with van der Waals surface area (Å²) < 4.78 is 28.4. The van der Waals surface area contributed by atoms with Crippen molar-refractivity contribution in [3.8, 4) is 0 Å². The highest BCUT2D eigenvalue weighted by Crippen LogP contribution is 2.40. The first-order valence-electron chi connectivity index (χ1n) is 6.16. The fourth-order valence-corrected chi connectivity index (χ4v) is 2.26. The van der Waals surface area contributed by atoms with Crippen molar-refractivity contribution in [2.45, 2.75) is 31.7 Å². The zero-order valence-electron chi connectivity index (χ0n) is 9.87. The number of aliphatic hydroxyl groups is 1. The fraction of sp³-hybridized carbons (Fsp3) is 0.462. The van der Waals surface area contributed by atoms with Gasteiger partial charge in [-0.3, -0.25) is 0 Å². The van der Waals surface area contributed by atoms with Crippen LogP contribution in [0.1, 0.15) is 31.0 Å². The van der Waals surface area contributed by atoms with Gasteiger partial charge in [0.1, 0.15) is 5.82 Å². The van der Waals surface area contributed by atoms with E-state index in [2.05, 4.69) is 4.98 Å². The van der Waals surface area contributed by atoms with E-state index in [1.54, 1.807) is 0 Å². The molecular formula is C13H14F2N2O. The number of hydrogen-bond acceptors (Lipinski definition) is 2. The second-order valence-corrected chi connectivity index (χ2v) is 4.73. The van der Waals surface area contributed by atoms with Gasteiger partial charge in [-0.1, -0.05) is 0 Å². The molecule has 96 valence electrons. The van der Waals surface area contributed by atoms with Gasteiger partial charge in [-0.15, -0.1) is 0 Å². The molecule has 1 aliphatic rings. The lowest BCUT2D eigenvalue weighted by Crippen LogP contribution is -2.04. The molecule has 1 aromatic carbocycles. The molecule has 1 N–H and O–H groups in total. The summed E-state index contributed by atoms with van der Waals surface area (Å²) in [5, 5.41) is 8.91. The smallest absolute Gasteiger partial charge is 0.161 e. The Hall–Kier alpha value is -1.49. The van der Waals surface area contributed by atoms with E-state index in [1.807, 2.05) is 4.57 Å². The third-order valence-corrected chi connectivity index (χ3v) is 3.30. The van der Waals surface area contributed by atoms with Crippen molar-refractivity contribution in [1.29, 1.82) is 0 Å². The standard InChI is InChI=1S/C13H14F2N2O/c14-9-6-11-12(7-10(9)15)17(4-1-5-18)13(16-11)8-2-3-8/h6-8,18H,1-5H2. The molecule has 0 atom stereocenters. The highest BCUT2D eigenvalue weighted by atomic mass is 19.2. The summed E-state index contributed by atoms with van der Waals surface area (Å²) in [7, 11) is 0. The normalized spacial score (nSPS) is 15.5. The number of hydrogen-bond donors (Lipinski definition) is 1. The number of halogens is 2. The molecule has 0 aliphatic heterocycles. The van der Waals surface area contributed by atoms with E-state index in [0.29, 0.717) is 29.9 Å². The van der Waals surface area contributed by atoms with Gasteiger partial charge in [0.05, 0.1) is 11.0 Å². The molecule has 0 radical (unpaired) electrons. The fourth-order valence-electron chi connectivity index (χ4n) is 2.26. The van der Waals surface area contributed by atoms with Crippen LogP contribution in [-0.4, -0.2) is 21.3 Å². The Morgan fingerprint density at radius 2 is 2.00 bits per heavy atom. The molecule has 0 saturated heterocycles. The number of aryl methyl sites for hydroxylation is 1. The topological polar surface area (TPSA) is 38.0 Å². The molecule has 1 aromatic heterocycles. The van der Waals surface area contributed by atoms with Gasteiger partial charge in [0, 0.05) is 31.2 Å². The number of fused-ring (bicyclic) bond motifs is 1. The largest absolute Gasteiger partial charge is 0.396 e. The monoisotopic (exact) mass is 252 g/mol. The molecule has 18 heavy (non-hydrogen) atoms. The van der Waals surface area contributed by atoms with Gasteiger partial charge in [-0.05, 0) is 19.3 Å². The van der Waals surface area contributed by atoms with Crippen molar-refractivity contribution in [3.63, 3.8) is 0 Å². The summed E-state index contributed by atoms with van der Waals surface area (Å²) in [6.07, 6.45) is 2.74. The van der Waals surface area contributed by atoms with E-state index in [9.17, 15) is 8.78 Å². The molecule has 1 fully saturated rings. The summed E-state index contributed by atoms with van der Waals surface area (Å²) in [5.41, 5.74) is 1.11. The molecule has 1 saturated carbocycles. The molecule has 5 heteroatoms. The van der Waals surface area contributed by atoms with Crippen molar-refractivity contribution >= 4 is 11.0 Å². The minimum atomic E-state index is -0.864. The van der Waals surface area contributed by atoms with Gasteiger partial charge in [-0.2, -0.15) is 0 Å². The summed E-state index contributed by atoms with van der Waals surface area (Å²) in [6, 6.07) is 2.34. The zero-order chi connectivity index (χ0) is 12.7. The van der Waals surface area contributed by atoms with Gasteiger partial charge in [0.25, 0.3) is 0 Å². The van der Waals surface area contributed by atoms with Crippen LogP contribution in [0.2, 0.25) is 0 Å². The van der Waals surface area contributed by atoms with E-state index in [1.165, 1.54) is 6.07 Å². The minimum absolute atomic E-state index is 0.0768. The second kappa shape index (κ2) is 4.31. The van der Waals surface area contributed by atoms with E-state index in [0.717, 1.165) is 24.7 Å². The molecule has 0 unspecified atom stereocenters. The van der Waals surface area contributed by atoms with E-state index < -0.39 is 11.6 Å². The lowest BCUT2D eigenvalue weighted by molar-refractivity contribution is 0.280. The van der Waals surface area contributed by atoms with Crippen LogP contribution in [0, 0.1) is 11.6 Å². The SMILES string of the molecule is OCCCn1c(C2CC2)nc2cc(F)c(F)cc21. The first-order valence-corrected chi connectivity index (χ1v) is 6.16. The minimum Gasteiger partial charge on any atom is -0.396 e. The number of imidazole rings is 1. The van der Waals surface area contributed by atoms with Crippen molar-refractivity contribution < 1.29 is 13.9 Å². The first kappa shape index (κ1) is 11.6. The molecule has 2 aromatic rings. The molecule has 3 nitrogen and oxygen atoms in total. The Morgan fingerprint density at radius 3 is 2.67 bits per heavy atom. The summed E-state index contributed by atoms with van der Waals surface area (Å²) in [5.74, 6) is -0.419. The van der Waals surface area contributed by atoms with Gasteiger partial charge in [0.15, 0.2) is 11.6 Å². The first-order chi connectivity index (χ1) is 8.70. The average Bonchev–Trinajstić information content (AvgIpc) is 3.13. The predicted molar refractivity (Wildman–Crippen MR) is 63.3 cm³/mol. The van der Waals surface area contributed by atoms with E-state index >= 15 is 0 Å². The molecule has 1 aliphatic carbocycles. The maximum absolute atomic E-state index is 13.3. The Morgan fingerprint density at radius 1 is 1.28 bits per heavy atom. The number of nitrogens with zero attached hydrogens (tertiary/aromatic N) is 2. The number of aliphatic hydroxyl groups excluding tert-OH is 1. The van der Waals surface area contributed by atoms with E-state index in [-0.39, 0.29) is 6.61 Å². The lowest BCUT2D eigenvalue weighted by Gasteiger charge is -2.07.